The van der Waals surface area contributed by atoms with Gasteiger partial charge in [0.2, 0.25) is 0 Å². The lowest BCUT2D eigenvalue weighted by atomic mass is 9.62. The molecule has 1 unspecified atom stereocenters. The van der Waals surface area contributed by atoms with Gasteiger partial charge in [0.25, 0.3) is 0 Å². The zero-order chi connectivity index (χ0) is 23.7. The summed E-state index contributed by atoms with van der Waals surface area (Å²) in [6.07, 6.45) is 22.9. The third-order valence-corrected chi connectivity index (χ3v) is 9.72. The molecule has 0 aromatic carbocycles. The number of hydrogen-bond acceptors (Lipinski definition) is 3. The first-order valence-electron chi connectivity index (χ1n) is 14.7. The molecule has 3 nitrogen and oxygen atoms in total. The highest BCUT2D eigenvalue weighted by Crippen LogP contribution is 2.47. The molecule has 3 heteroatoms. The Morgan fingerprint density at radius 1 is 0.788 bits per heavy atom. The van der Waals surface area contributed by atoms with Crippen molar-refractivity contribution in [2.45, 2.75) is 136 Å². The highest BCUT2D eigenvalue weighted by molar-refractivity contribution is 6.04. The molecule has 0 bridgehead atoms. The molecule has 0 aromatic rings. The molecule has 3 aliphatic rings. The lowest BCUT2D eigenvalue weighted by molar-refractivity contribution is -0.162. The molecule has 0 aliphatic heterocycles. The number of ketones is 1. The smallest absolute Gasteiger partial charge is 0.319 e. The molecule has 3 aliphatic carbocycles. The summed E-state index contributed by atoms with van der Waals surface area (Å²) >= 11 is 0. The van der Waals surface area contributed by atoms with Gasteiger partial charge in [0, 0.05) is 6.42 Å². The lowest BCUT2D eigenvalue weighted by Gasteiger charge is -2.42. The van der Waals surface area contributed by atoms with E-state index in [9.17, 15) is 9.59 Å². The Balaban J connectivity index is 1.35. The second kappa shape index (κ2) is 13.3. The highest BCUT2D eigenvalue weighted by Gasteiger charge is 2.47. The maximum atomic E-state index is 12.9. The molecule has 2 atom stereocenters. The van der Waals surface area contributed by atoms with E-state index >= 15 is 0 Å². The van der Waals surface area contributed by atoms with E-state index in [0.717, 1.165) is 30.6 Å². The van der Waals surface area contributed by atoms with Crippen molar-refractivity contribution in [1.82, 2.24) is 0 Å². The summed E-state index contributed by atoms with van der Waals surface area (Å²) in [4.78, 5) is 25.4. The maximum Gasteiger partial charge on any atom is 0.319 e. The Labute approximate surface area is 204 Å². The molecule has 33 heavy (non-hydrogen) atoms. The maximum absolute atomic E-state index is 12.9. The van der Waals surface area contributed by atoms with E-state index < -0.39 is 5.41 Å². The van der Waals surface area contributed by atoms with Crippen molar-refractivity contribution < 1.29 is 14.3 Å². The number of hydrogen-bond donors (Lipinski definition) is 0. The SMILES string of the molecule is CCCCCCC[C@H]1CC[C@H](C2CCC(C3CC[C@](C)(C(=O)OCCC)C(=O)C3)CC2)CC1. The Bertz CT molecular complexity index is 598. The number of carbonyl (C=O) groups is 2. The Kier molecular flexibility index (Phi) is 10.8. The van der Waals surface area contributed by atoms with Crippen LogP contribution in [0.3, 0.4) is 0 Å². The standard InChI is InChI=1S/C30H52O3/c1-4-6-7-8-9-10-23-11-13-24(14-12-23)25-15-17-26(18-16-25)27-19-20-30(3,28(31)22-27)29(32)33-21-5-2/h23-27H,4-22H2,1-3H3/t23-,24-,25?,26?,27?,30-/m0/s1. The average molecular weight is 461 g/mol. The Morgan fingerprint density at radius 3 is 1.94 bits per heavy atom. The second-order valence-electron chi connectivity index (χ2n) is 12.1. The third kappa shape index (κ3) is 7.31. The van der Waals surface area contributed by atoms with Crippen LogP contribution in [0.25, 0.3) is 0 Å². The monoisotopic (exact) mass is 460 g/mol. The van der Waals surface area contributed by atoms with Crippen molar-refractivity contribution in [1.29, 1.82) is 0 Å². The molecule has 3 fully saturated rings. The van der Waals surface area contributed by atoms with Crippen molar-refractivity contribution >= 4 is 11.8 Å². The van der Waals surface area contributed by atoms with Gasteiger partial charge in [-0.2, -0.15) is 0 Å². The number of carbonyl (C=O) groups excluding carboxylic acids is 2. The summed E-state index contributed by atoms with van der Waals surface area (Å²) in [6, 6.07) is 0. The van der Waals surface area contributed by atoms with Crippen LogP contribution in [0.5, 0.6) is 0 Å². The quantitative estimate of drug-likeness (QED) is 0.177. The second-order valence-corrected chi connectivity index (χ2v) is 12.1. The summed E-state index contributed by atoms with van der Waals surface area (Å²) in [6.45, 7) is 6.54. The van der Waals surface area contributed by atoms with E-state index in [1.807, 2.05) is 13.8 Å². The number of Topliss-reactive ketones (excluding diaryl/α,β-unsaturated/α-hetero) is 1. The fourth-order valence-electron chi connectivity index (χ4n) is 7.22. The first kappa shape index (κ1) is 26.7. The largest absolute Gasteiger partial charge is 0.465 e. The summed E-state index contributed by atoms with van der Waals surface area (Å²) in [7, 11) is 0. The number of esters is 1. The molecule has 0 heterocycles. The number of ether oxygens (including phenoxy) is 1. The van der Waals surface area contributed by atoms with Crippen LogP contribution in [0.2, 0.25) is 0 Å². The van der Waals surface area contributed by atoms with Crippen molar-refractivity contribution in [3.05, 3.63) is 0 Å². The van der Waals surface area contributed by atoms with Crippen LogP contribution < -0.4 is 0 Å². The molecule has 0 saturated heterocycles. The van der Waals surface area contributed by atoms with E-state index in [-0.39, 0.29) is 11.8 Å². The summed E-state index contributed by atoms with van der Waals surface area (Å²) < 4.78 is 5.35. The summed E-state index contributed by atoms with van der Waals surface area (Å²) in [5, 5.41) is 0. The van der Waals surface area contributed by atoms with E-state index in [2.05, 4.69) is 6.92 Å². The van der Waals surface area contributed by atoms with Crippen LogP contribution in [0.4, 0.5) is 0 Å². The van der Waals surface area contributed by atoms with Gasteiger partial charge in [-0.15, -0.1) is 0 Å². The molecule has 0 spiro atoms. The molecular formula is C30H52O3. The van der Waals surface area contributed by atoms with Crippen LogP contribution in [-0.2, 0) is 14.3 Å². The van der Waals surface area contributed by atoms with Crippen LogP contribution in [-0.4, -0.2) is 18.4 Å². The zero-order valence-electron chi connectivity index (χ0n) is 22.0. The van der Waals surface area contributed by atoms with Gasteiger partial charge in [-0.05, 0) is 94.3 Å². The van der Waals surface area contributed by atoms with E-state index in [1.54, 1.807) is 0 Å². The normalized spacial score (nSPS) is 35.4. The van der Waals surface area contributed by atoms with Crippen LogP contribution in [0.1, 0.15) is 136 Å². The van der Waals surface area contributed by atoms with Gasteiger partial charge in [-0.1, -0.05) is 65.2 Å². The third-order valence-electron chi connectivity index (χ3n) is 9.72. The zero-order valence-corrected chi connectivity index (χ0v) is 22.0. The topological polar surface area (TPSA) is 43.4 Å². The van der Waals surface area contributed by atoms with Gasteiger partial charge in [-0.3, -0.25) is 9.59 Å². The molecule has 0 aromatic heterocycles. The van der Waals surface area contributed by atoms with Crippen molar-refractivity contribution in [3.8, 4) is 0 Å². The molecule has 0 amide bonds. The van der Waals surface area contributed by atoms with Crippen molar-refractivity contribution in [2.75, 3.05) is 6.61 Å². The average Bonchev–Trinajstić information content (AvgIpc) is 2.84. The molecule has 0 N–H and O–H groups in total. The fourth-order valence-corrected chi connectivity index (χ4v) is 7.22. The van der Waals surface area contributed by atoms with E-state index in [4.69, 9.17) is 4.74 Å². The molecule has 3 rings (SSSR count). The number of unbranched alkanes of at least 4 members (excludes halogenated alkanes) is 4. The van der Waals surface area contributed by atoms with Gasteiger partial charge < -0.3 is 4.74 Å². The summed E-state index contributed by atoms with van der Waals surface area (Å²) in [5.41, 5.74) is -0.891. The minimum atomic E-state index is -0.891. The fraction of sp³-hybridized carbons (Fsp3) is 0.933. The van der Waals surface area contributed by atoms with Gasteiger partial charge in [0.15, 0.2) is 0 Å². The molecule has 0 radical (unpaired) electrons. The van der Waals surface area contributed by atoms with E-state index in [0.29, 0.717) is 31.3 Å². The van der Waals surface area contributed by atoms with Crippen LogP contribution >= 0.6 is 0 Å². The lowest BCUT2D eigenvalue weighted by Crippen LogP contribution is -2.44. The minimum absolute atomic E-state index is 0.134. The van der Waals surface area contributed by atoms with Crippen LogP contribution in [0.15, 0.2) is 0 Å². The van der Waals surface area contributed by atoms with Crippen LogP contribution in [0, 0.1) is 35.0 Å². The highest BCUT2D eigenvalue weighted by atomic mass is 16.5. The van der Waals surface area contributed by atoms with E-state index in [1.165, 1.54) is 89.9 Å². The molecule has 190 valence electrons. The predicted molar refractivity (Wildman–Crippen MR) is 136 cm³/mol. The predicted octanol–water partition coefficient (Wildman–Crippen LogP) is 8.29. The Hall–Kier alpha value is -0.860. The van der Waals surface area contributed by atoms with Gasteiger partial charge in [-0.25, -0.2) is 0 Å². The van der Waals surface area contributed by atoms with Gasteiger partial charge >= 0.3 is 5.97 Å². The molecular weight excluding hydrogens is 408 g/mol. The first-order chi connectivity index (χ1) is 16.0. The van der Waals surface area contributed by atoms with Crippen molar-refractivity contribution in [2.24, 2.45) is 35.0 Å². The van der Waals surface area contributed by atoms with Crippen molar-refractivity contribution in [3.63, 3.8) is 0 Å². The summed E-state index contributed by atoms with van der Waals surface area (Å²) in [5.74, 6) is 3.94. The number of rotatable bonds is 11. The molecule has 3 saturated carbocycles. The minimum Gasteiger partial charge on any atom is -0.465 e. The Morgan fingerprint density at radius 2 is 1.36 bits per heavy atom. The first-order valence-corrected chi connectivity index (χ1v) is 14.7. The van der Waals surface area contributed by atoms with Gasteiger partial charge in [0.05, 0.1) is 6.61 Å². The van der Waals surface area contributed by atoms with Gasteiger partial charge in [0.1, 0.15) is 11.2 Å².